The molecule has 2 saturated heterocycles. The van der Waals surface area contributed by atoms with Crippen molar-refractivity contribution in [2.24, 2.45) is 17.8 Å². The second-order valence-electron chi connectivity index (χ2n) is 10.2. The number of allylic oxidation sites excluding steroid dienone is 2. The Bertz CT molecular complexity index is 1340. The average molecular weight is 644 g/mol. The quantitative estimate of drug-likeness (QED) is 0.200. The molecule has 3 fully saturated rings. The fraction of sp³-hybridized carbons (Fsp3) is 0.500. The van der Waals surface area contributed by atoms with E-state index < -0.39 is 63.0 Å². The van der Waals surface area contributed by atoms with Crippen LogP contribution in [-0.4, -0.2) is 78.5 Å². The number of methoxy groups -OCH3 is 1. The van der Waals surface area contributed by atoms with E-state index in [1.807, 2.05) is 0 Å². The van der Waals surface area contributed by atoms with Crippen molar-refractivity contribution in [1.29, 1.82) is 0 Å². The van der Waals surface area contributed by atoms with E-state index in [4.69, 9.17) is 33.0 Å². The Morgan fingerprint density at radius 3 is 2.46 bits per heavy atom. The SMILES string of the molecule is COc1ccc([C@H]2C3=CC[C@@H]4C(=O)N(CCCC(=O)O)C(=O)[C@@H]4[C@@H]3C[C@@]3(Cl)C(=O)N(CBr)C(=O)[C@@]23Cl)c(O)c1. The molecule has 0 bridgehead atoms. The molecule has 2 N–H and O–H groups in total. The number of carbonyl (C=O) groups is 5. The molecule has 2 aliphatic heterocycles. The summed E-state index contributed by atoms with van der Waals surface area (Å²) < 4.78 is 5.20. The molecule has 13 heteroatoms. The summed E-state index contributed by atoms with van der Waals surface area (Å²) in [6.07, 6.45) is 1.68. The predicted octanol–water partition coefficient (Wildman–Crippen LogP) is 2.98. The number of carboxylic acids is 1. The Kier molecular flexibility index (Phi) is 7.00. The van der Waals surface area contributed by atoms with Crippen molar-refractivity contribution >= 4 is 68.7 Å². The van der Waals surface area contributed by atoms with Crippen molar-refractivity contribution in [1.82, 2.24) is 9.80 Å². The van der Waals surface area contributed by atoms with Crippen molar-refractivity contribution < 1.29 is 38.9 Å². The maximum atomic E-state index is 13.7. The molecule has 10 nitrogen and oxygen atoms in total. The first kappa shape index (κ1) is 27.9. The van der Waals surface area contributed by atoms with Gasteiger partial charge in [-0.1, -0.05) is 33.6 Å². The van der Waals surface area contributed by atoms with Gasteiger partial charge in [0.2, 0.25) is 11.8 Å². The van der Waals surface area contributed by atoms with E-state index >= 15 is 0 Å². The van der Waals surface area contributed by atoms with Crippen molar-refractivity contribution in [2.45, 2.75) is 41.3 Å². The van der Waals surface area contributed by atoms with Gasteiger partial charge in [0.1, 0.15) is 11.5 Å². The molecular weight excluding hydrogens is 619 g/mol. The Morgan fingerprint density at radius 1 is 1.13 bits per heavy atom. The van der Waals surface area contributed by atoms with Crippen LogP contribution < -0.4 is 4.74 Å². The predicted molar refractivity (Wildman–Crippen MR) is 142 cm³/mol. The standard InChI is InChI=1S/C26H25BrCl2N2O8/c1-39-12-4-5-14(17(32)9-12)20-13-6-7-15-19(22(36)30(21(15)35)8-2-3-18(33)34)16(13)10-25(28)23(37)31(11-27)24(38)26(20,25)29/h4-6,9,15-16,19-20,32H,2-3,7-8,10-11H2,1H3,(H,33,34)/t15-,16+,19-,20+,25+,26-/m0/s1. The molecule has 39 heavy (non-hydrogen) atoms. The zero-order chi connectivity index (χ0) is 28.4. The minimum atomic E-state index is -2.02. The van der Waals surface area contributed by atoms with Crippen molar-refractivity contribution in [3.8, 4) is 11.5 Å². The van der Waals surface area contributed by atoms with Crippen molar-refractivity contribution in [2.75, 3.05) is 19.1 Å². The van der Waals surface area contributed by atoms with E-state index in [0.717, 1.165) is 9.80 Å². The normalized spacial score (nSPS) is 33.6. The number of rotatable bonds is 7. The first-order valence-corrected chi connectivity index (χ1v) is 14.2. The van der Waals surface area contributed by atoms with Crippen LogP contribution >= 0.6 is 39.1 Å². The molecule has 2 aliphatic carbocycles. The van der Waals surface area contributed by atoms with Gasteiger partial charge in [-0.05, 0) is 31.2 Å². The van der Waals surface area contributed by atoms with E-state index in [0.29, 0.717) is 11.3 Å². The molecule has 0 unspecified atom stereocenters. The van der Waals surface area contributed by atoms with Crippen molar-refractivity contribution in [3.63, 3.8) is 0 Å². The third-order valence-corrected chi connectivity index (χ3v) is 10.3. The second kappa shape index (κ2) is 9.78. The summed E-state index contributed by atoms with van der Waals surface area (Å²) >= 11 is 17.4. The molecular formula is C26H25BrCl2N2O8. The van der Waals surface area contributed by atoms with Crippen LogP contribution in [0, 0.1) is 17.8 Å². The lowest BCUT2D eigenvalue weighted by Crippen LogP contribution is -2.60. The molecule has 4 amide bonds. The number of benzene rings is 1. The minimum Gasteiger partial charge on any atom is -0.508 e. The average Bonchev–Trinajstić information content (AvgIpc) is 3.22. The molecule has 5 rings (SSSR count). The lowest BCUT2D eigenvalue weighted by atomic mass is 9.56. The number of amides is 4. The lowest BCUT2D eigenvalue weighted by Gasteiger charge is -2.50. The number of ether oxygens (including phenoxy) is 1. The summed E-state index contributed by atoms with van der Waals surface area (Å²) in [5.74, 6) is -6.66. The summed E-state index contributed by atoms with van der Waals surface area (Å²) in [5, 5.41) is 20.0. The summed E-state index contributed by atoms with van der Waals surface area (Å²) in [7, 11) is 1.43. The number of fused-ring (bicyclic) bond motifs is 4. The van der Waals surface area contributed by atoms with Gasteiger partial charge in [0, 0.05) is 30.5 Å². The Balaban J connectivity index is 1.64. The van der Waals surface area contributed by atoms with E-state index in [2.05, 4.69) is 15.9 Å². The summed E-state index contributed by atoms with van der Waals surface area (Å²) in [6, 6.07) is 4.49. The third kappa shape index (κ3) is 3.83. The number of nitrogens with zero attached hydrogens (tertiary/aromatic N) is 2. The van der Waals surface area contributed by atoms with E-state index in [-0.39, 0.29) is 49.0 Å². The molecule has 0 aromatic heterocycles. The number of phenolic OH excluding ortho intramolecular Hbond substituents is 1. The fourth-order valence-electron chi connectivity index (χ4n) is 6.67. The van der Waals surface area contributed by atoms with Gasteiger partial charge in [0.15, 0.2) is 9.75 Å². The van der Waals surface area contributed by atoms with E-state index in [9.17, 15) is 29.1 Å². The largest absolute Gasteiger partial charge is 0.508 e. The van der Waals surface area contributed by atoms with E-state index in [1.165, 1.54) is 13.2 Å². The molecule has 1 aromatic rings. The van der Waals surface area contributed by atoms with Crippen LogP contribution in [0.2, 0.25) is 0 Å². The minimum absolute atomic E-state index is 0.0397. The maximum Gasteiger partial charge on any atom is 0.303 e. The lowest BCUT2D eigenvalue weighted by molar-refractivity contribution is -0.142. The highest BCUT2D eigenvalue weighted by molar-refractivity contribution is 9.09. The third-order valence-electron chi connectivity index (χ3n) is 8.43. The summed E-state index contributed by atoms with van der Waals surface area (Å²) in [6.45, 7) is -0.0397. The van der Waals surface area contributed by atoms with Gasteiger partial charge in [-0.2, -0.15) is 0 Å². The molecule has 2 heterocycles. The van der Waals surface area contributed by atoms with Crippen LogP contribution in [0.1, 0.15) is 37.2 Å². The van der Waals surface area contributed by atoms with Crippen LogP contribution in [0.4, 0.5) is 0 Å². The zero-order valence-corrected chi connectivity index (χ0v) is 23.8. The van der Waals surface area contributed by atoms with Gasteiger partial charge in [-0.25, -0.2) is 0 Å². The topological polar surface area (TPSA) is 142 Å². The smallest absolute Gasteiger partial charge is 0.303 e. The zero-order valence-electron chi connectivity index (χ0n) is 20.7. The second-order valence-corrected chi connectivity index (χ2v) is 12.0. The highest BCUT2D eigenvalue weighted by atomic mass is 79.9. The van der Waals surface area contributed by atoms with E-state index in [1.54, 1.807) is 18.2 Å². The highest BCUT2D eigenvalue weighted by Gasteiger charge is 2.76. The fourth-order valence-corrected chi connectivity index (χ4v) is 8.08. The van der Waals surface area contributed by atoms with Crippen LogP contribution in [0.5, 0.6) is 11.5 Å². The Labute approximate surface area is 242 Å². The summed E-state index contributed by atoms with van der Waals surface area (Å²) in [4.78, 5) is 63.2. The van der Waals surface area contributed by atoms with Crippen LogP contribution in [0.3, 0.4) is 0 Å². The van der Waals surface area contributed by atoms with Gasteiger partial charge in [-0.3, -0.25) is 33.8 Å². The first-order chi connectivity index (χ1) is 18.4. The highest BCUT2D eigenvalue weighted by Crippen LogP contribution is 2.66. The molecule has 208 valence electrons. The number of carboxylic acid groups (broad SMARTS) is 1. The van der Waals surface area contributed by atoms with Gasteiger partial charge < -0.3 is 14.9 Å². The van der Waals surface area contributed by atoms with Crippen LogP contribution in [0.15, 0.2) is 29.8 Å². The molecule has 1 saturated carbocycles. The number of halogens is 3. The molecule has 0 radical (unpaired) electrons. The molecule has 1 aromatic carbocycles. The monoisotopic (exact) mass is 642 g/mol. The van der Waals surface area contributed by atoms with Crippen molar-refractivity contribution in [3.05, 3.63) is 35.4 Å². The Hall–Kier alpha value is -2.63. The molecule has 4 aliphatic rings. The number of hydrogen-bond acceptors (Lipinski definition) is 7. The number of imide groups is 2. The number of alkyl halides is 3. The van der Waals surface area contributed by atoms with Gasteiger partial charge in [0.05, 0.1) is 24.4 Å². The number of aromatic hydroxyl groups is 1. The number of phenols is 1. The number of aliphatic carboxylic acids is 1. The van der Waals surface area contributed by atoms with Crippen LogP contribution in [-0.2, 0) is 24.0 Å². The number of carbonyl (C=O) groups excluding carboxylic acids is 4. The Morgan fingerprint density at radius 2 is 1.85 bits per heavy atom. The van der Waals surface area contributed by atoms with Gasteiger partial charge >= 0.3 is 5.97 Å². The van der Waals surface area contributed by atoms with Crippen LogP contribution in [0.25, 0.3) is 0 Å². The molecule has 6 atom stereocenters. The first-order valence-electron chi connectivity index (χ1n) is 12.4. The maximum absolute atomic E-state index is 13.7. The van der Waals surface area contributed by atoms with Gasteiger partial charge in [0.25, 0.3) is 11.8 Å². The molecule has 0 spiro atoms. The number of likely N-dealkylation sites (tertiary alicyclic amines) is 2. The van der Waals surface area contributed by atoms with Gasteiger partial charge in [-0.15, -0.1) is 23.2 Å². The summed E-state index contributed by atoms with van der Waals surface area (Å²) in [5.41, 5.74) is 0.631. The number of hydrogen-bond donors (Lipinski definition) is 2.